The minimum Gasteiger partial charge on any atom is -0.485 e. The first-order valence-corrected chi connectivity index (χ1v) is 9.04. The van der Waals surface area contributed by atoms with Crippen LogP contribution in [0.1, 0.15) is 39.9 Å². The zero-order valence-corrected chi connectivity index (χ0v) is 15.0. The summed E-state index contributed by atoms with van der Waals surface area (Å²) in [6.45, 7) is 1.71. The van der Waals surface area contributed by atoms with E-state index in [2.05, 4.69) is 0 Å². The van der Waals surface area contributed by atoms with Crippen LogP contribution in [0.4, 0.5) is 4.39 Å². The van der Waals surface area contributed by atoms with E-state index in [1.165, 1.54) is 24.3 Å². The summed E-state index contributed by atoms with van der Waals surface area (Å²) in [5.74, 6) is -0.0860. The van der Waals surface area contributed by atoms with Crippen molar-refractivity contribution >= 4 is 16.8 Å². The molecule has 0 unspecified atom stereocenters. The van der Waals surface area contributed by atoms with Crippen LogP contribution in [0.2, 0.25) is 0 Å². The molecule has 5 heteroatoms. The van der Waals surface area contributed by atoms with Gasteiger partial charge in [-0.05, 0) is 80.1 Å². The van der Waals surface area contributed by atoms with Crippen LogP contribution in [-0.2, 0) is 12.8 Å². The summed E-state index contributed by atoms with van der Waals surface area (Å²) in [6, 6.07) is 9.06. The monoisotopic (exact) mass is 366 g/mol. The van der Waals surface area contributed by atoms with Gasteiger partial charge in [-0.25, -0.2) is 9.18 Å². The van der Waals surface area contributed by atoms with Crippen molar-refractivity contribution in [3.05, 3.63) is 74.9 Å². The highest BCUT2D eigenvalue weighted by Crippen LogP contribution is 2.34. The highest BCUT2D eigenvalue weighted by Gasteiger charge is 2.21. The molecule has 1 aliphatic carbocycles. The smallest absolute Gasteiger partial charge is 0.339 e. The third-order valence-electron chi connectivity index (χ3n) is 4.95. The van der Waals surface area contributed by atoms with E-state index in [1.54, 1.807) is 0 Å². The largest absolute Gasteiger partial charge is 0.485 e. The zero-order chi connectivity index (χ0) is 19.0. The van der Waals surface area contributed by atoms with Gasteiger partial charge in [0.2, 0.25) is 0 Å². The number of benzene rings is 2. The summed E-state index contributed by atoms with van der Waals surface area (Å²) >= 11 is 0. The zero-order valence-electron chi connectivity index (χ0n) is 15.0. The van der Waals surface area contributed by atoms with Crippen molar-refractivity contribution in [1.29, 1.82) is 0 Å². The number of fused-ring (bicyclic) bond motifs is 3. The van der Waals surface area contributed by atoms with E-state index in [1.807, 2.05) is 19.1 Å². The van der Waals surface area contributed by atoms with Gasteiger partial charge in [0.05, 0.1) is 5.39 Å². The van der Waals surface area contributed by atoms with Crippen molar-refractivity contribution in [2.45, 2.75) is 32.6 Å². The molecule has 1 heterocycles. The van der Waals surface area contributed by atoms with Crippen LogP contribution in [0, 0.1) is 12.7 Å². The highest BCUT2D eigenvalue weighted by atomic mass is 19.1. The number of aryl methyl sites for hydroxylation is 2. The number of hydrogen-bond donors (Lipinski definition) is 0. The van der Waals surface area contributed by atoms with Crippen LogP contribution in [-0.4, -0.2) is 12.4 Å². The lowest BCUT2D eigenvalue weighted by atomic mass is 9.90. The lowest BCUT2D eigenvalue weighted by molar-refractivity contribution is 0.0922. The first kappa shape index (κ1) is 17.5. The highest BCUT2D eigenvalue weighted by molar-refractivity contribution is 5.97. The van der Waals surface area contributed by atoms with Gasteiger partial charge < -0.3 is 9.15 Å². The second-order valence-corrected chi connectivity index (χ2v) is 6.91. The van der Waals surface area contributed by atoms with Crippen LogP contribution >= 0.6 is 0 Å². The molecule has 2 aromatic carbocycles. The molecule has 0 saturated heterocycles. The third kappa shape index (κ3) is 3.37. The predicted molar refractivity (Wildman–Crippen MR) is 100 cm³/mol. The Morgan fingerprint density at radius 2 is 1.81 bits per heavy atom. The van der Waals surface area contributed by atoms with E-state index in [9.17, 15) is 14.0 Å². The molecule has 138 valence electrons. The average molecular weight is 366 g/mol. The van der Waals surface area contributed by atoms with Gasteiger partial charge in [-0.1, -0.05) is 0 Å². The molecular weight excluding hydrogens is 347 g/mol. The summed E-state index contributed by atoms with van der Waals surface area (Å²) in [6.07, 6.45) is 3.47. The Labute approximate surface area is 155 Å². The Balaban J connectivity index is 1.71. The fourth-order valence-electron chi connectivity index (χ4n) is 3.64. The Morgan fingerprint density at radius 1 is 1.11 bits per heavy atom. The molecule has 4 rings (SSSR count). The van der Waals surface area contributed by atoms with Gasteiger partial charge in [-0.15, -0.1) is 0 Å². The molecule has 0 spiro atoms. The lowest BCUT2D eigenvalue weighted by Crippen LogP contribution is -2.17. The van der Waals surface area contributed by atoms with Gasteiger partial charge in [0.15, 0.2) is 12.4 Å². The number of carbonyl (C=O) groups excluding carboxylic acids is 1. The number of ketones is 1. The van der Waals surface area contributed by atoms with Gasteiger partial charge in [0.1, 0.15) is 17.1 Å². The molecule has 0 N–H and O–H groups in total. The van der Waals surface area contributed by atoms with Crippen molar-refractivity contribution in [2.75, 3.05) is 6.61 Å². The Bertz CT molecular complexity index is 1080. The summed E-state index contributed by atoms with van der Waals surface area (Å²) in [5, 5.41) is 0.779. The summed E-state index contributed by atoms with van der Waals surface area (Å²) in [7, 11) is 0. The molecule has 0 radical (unpaired) electrons. The van der Waals surface area contributed by atoms with E-state index < -0.39 is 0 Å². The summed E-state index contributed by atoms with van der Waals surface area (Å²) in [4.78, 5) is 24.7. The standard InChI is InChI=1S/C22H19FO4/c1-13-10-19(26-12-18(24)14-6-8-15(23)9-7-14)21-16-4-2-3-5-17(16)22(25)27-20(21)11-13/h6-11H,2-5,12H2,1H3. The van der Waals surface area contributed by atoms with Gasteiger partial charge in [-0.3, -0.25) is 4.79 Å². The lowest BCUT2D eigenvalue weighted by Gasteiger charge is -2.18. The molecule has 0 aliphatic heterocycles. The molecule has 0 bridgehead atoms. The molecule has 3 aromatic rings. The molecule has 0 atom stereocenters. The topological polar surface area (TPSA) is 56.5 Å². The SMILES string of the molecule is Cc1cc(OCC(=O)c2ccc(F)cc2)c2c3c(c(=O)oc2c1)CCCC3. The third-order valence-corrected chi connectivity index (χ3v) is 4.95. The minimum atomic E-state index is -0.390. The maximum Gasteiger partial charge on any atom is 0.339 e. The molecular formula is C22H19FO4. The average Bonchev–Trinajstić information content (AvgIpc) is 2.66. The van der Waals surface area contributed by atoms with E-state index in [0.29, 0.717) is 28.9 Å². The second-order valence-electron chi connectivity index (χ2n) is 6.91. The minimum absolute atomic E-state index is 0.169. The second kappa shape index (κ2) is 6.99. The maximum atomic E-state index is 13.0. The normalized spacial score (nSPS) is 13.4. The molecule has 0 amide bonds. The molecule has 0 saturated carbocycles. The van der Waals surface area contributed by atoms with Gasteiger partial charge in [-0.2, -0.15) is 0 Å². The van der Waals surface area contributed by atoms with E-state index in [-0.39, 0.29) is 23.8 Å². The number of carbonyl (C=O) groups is 1. The molecule has 1 aliphatic rings. The Kier molecular flexibility index (Phi) is 4.52. The fourth-order valence-corrected chi connectivity index (χ4v) is 3.64. The number of rotatable bonds is 4. The van der Waals surface area contributed by atoms with E-state index in [4.69, 9.17) is 9.15 Å². The molecule has 0 fully saturated rings. The summed E-state index contributed by atoms with van der Waals surface area (Å²) in [5.41, 5.74) is 3.16. The van der Waals surface area contributed by atoms with Crippen molar-refractivity contribution < 1.29 is 18.3 Å². The van der Waals surface area contributed by atoms with Crippen LogP contribution in [0.5, 0.6) is 5.75 Å². The van der Waals surface area contributed by atoms with Crippen molar-refractivity contribution in [1.82, 2.24) is 0 Å². The van der Waals surface area contributed by atoms with E-state index in [0.717, 1.165) is 35.8 Å². The van der Waals surface area contributed by atoms with Crippen LogP contribution in [0.3, 0.4) is 0 Å². The van der Waals surface area contributed by atoms with Crippen molar-refractivity contribution in [3.8, 4) is 5.75 Å². The predicted octanol–water partition coefficient (Wildman–Crippen LogP) is 4.38. The van der Waals surface area contributed by atoms with E-state index >= 15 is 0 Å². The van der Waals surface area contributed by atoms with Crippen LogP contribution < -0.4 is 10.4 Å². The van der Waals surface area contributed by atoms with Crippen molar-refractivity contribution in [2.24, 2.45) is 0 Å². The number of Topliss-reactive ketones (excluding diaryl/α,β-unsaturated/α-hetero) is 1. The van der Waals surface area contributed by atoms with Crippen LogP contribution in [0.15, 0.2) is 45.6 Å². The molecule has 1 aromatic heterocycles. The first-order valence-electron chi connectivity index (χ1n) is 9.04. The summed E-state index contributed by atoms with van der Waals surface area (Å²) < 4.78 is 24.4. The van der Waals surface area contributed by atoms with Crippen molar-refractivity contribution in [3.63, 3.8) is 0 Å². The fraction of sp³-hybridized carbons (Fsp3) is 0.273. The maximum absolute atomic E-state index is 13.0. The molecule has 27 heavy (non-hydrogen) atoms. The Morgan fingerprint density at radius 3 is 2.56 bits per heavy atom. The first-order chi connectivity index (χ1) is 13.0. The number of halogens is 1. The van der Waals surface area contributed by atoms with Gasteiger partial charge in [0, 0.05) is 11.1 Å². The van der Waals surface area contributed by atoms with Gasteiger partial charge >= 0.3 is 5.63 Å². The number of hydrogen-bond acceptors (Lipinski definition) is 4. The Hall–Kier alpha value is -2.95. The van der Waals surface area contributed by atoms with Crippen LogP contribution in [0.25, 0.3) is 11.0 Å². The van der Waals surface area contributed by atoms with Gasteiger partial charge in [0.25, 0.3) is 0 Å². The number of ether oxygens (including phenoxy) is 1. The quantitative estimate of drug-likeness (QED) is 0.508. The molecule has 4 nitrogen and oxygen atoms in total.